The second kappa shape index (κ2) is 37.3. The van der Waals surface area contributed by atoms with Crippen LogP contribution in [0.25, 0.3) is 0 Å². The summed E-state index contributed by atoms with van der Waals surface area (Å²) >= 11 is 1.22. The van der Waals surface area contributed by atoms with Crippen LogP contribution in [-0.2, 0) is 63.9 Å². The molecule has 81 heavy (non-hydrogen) atoms. The number of aromatic hydroxyl groups is 1. The lowest BCUT2D eigenvalue weighted by Crippen LogP contribution is -2.54. The molecule has 0 bridgehead atoms. The van der Waals surface area contributed by atoms with E-state index in [0.29, 0.717) is 63.2 Å². The fourth-order valence-corrected chi connectivity index (χ4v) is 9.99. The Kier molecular flexibility index (Phi) is 31.6. The molecule has 0 aliphatic carbocycles. The number of ketones is 2. The van der Waals surface area contributed by atoms with Crippen molar-refractivity contribution < 1.29 is 67.7 Å². The Morgan fingerprint density at radius 1 is 0.778 bits per heavy atom. The van der Waals surface area contributed by atoms with Crippen molar-refractivity contribution in [1.82, 2.24) is 47.4 Å². The first-order chi connectivity index (χ1) is 38.5. The fourth-order valence-electron chi connectivity index (χ4n) is 8.88. The van der Waals surface area contributed by atoms with Gasteiger partial charge in [-0.3, -0.25) is 62.6 Å². The number of benzene rings is 1. The predicted molar refractivity (Wildman–Crippen MR) is 302 cm³/mol. The van der Waals surface area contributed by atoms with E-state index in [1.807, 2.05) is 27.7 Å². The molecule has 0 spiro atoms. The van der Waals surface area contributed by atoms with Crippen LogP contribution in [0.15, 0.2) is 29.3 Å². The zero-order valence-electron chi connectivity index (χ0n) is 47.1. The summed E-state index contributed by atoms with van der Waals surface area (Å²) in [5, 5.41) is 41.0. The molecule has 2 aliphatic heterocycles. The van der Waals surface area contributed by atoms with Crippen LogP contribution in [0.3, 0.4) is 0 Å². The number of hydrogen-bond donors (Lipinski definition) is 12. The van der Waals surface area contributed by atoms with Crippen molar-refractivity contribution in [3.05, 3.63) is 29.8 Å². The Morgan fingerprint density at radius 3 is 2.14 bits per heavy atom. The van der Waals surface area contributed by atoms with Crippen molar-refractivity contribution in [1.29, 1.82) is 0 Å². The van der Waals surface area contributed by atoms with Crippen molar-refractivity contribution >= 4 is 82.5 Å². The number of hydrogen-bond acceptors (Lipinski definition) is 17. The van der Waals surface area contributed by atoms with E-state index in [4.69, 9.17) is 16.2 Å². The number of phenols is 1. The number of nitrogens with one attached hydrogen (secondary N) is 8. The summed E-state index contributed by atoms with van der Waals surface area (Å²) in [7, 11) is 0. The van der Waals surface area contributed by atoms with Crippen LogP contribution in [0.2, 0.25) is 0 Å². The Labute approximate surface area is 477 Å². The normalized spacial score (nSPS) is 19.7. The van der Waals surface area contributed by atoms with E-state index in [1.54, 1.807) is 12.1 Å². The number of phenolic OH excluding ortho intramolecular Hbond substituents is 1. The number of aliphatic imine (C=N–C) groups is 1. The average Bonchev–Trinajstić information content (AvgIpc) is 3.68. The molecular weight excluding hydrogens is 1070 g/mol. The van der Waals surface area contributed by atoms with Gasteiger partial charge in [-0.15, -0.1) is 11.8 Å². The first kappa shape index (κ1) is 68.6. The number of thioether (sulfide) groups is 1. The maximum atomic E-state index is 14.2. The number of unbranched alkanes of at least 4 members (excludes halogenated alkanes) is 2. The molecule has 0 saturated carbocycles. The third-order valence-electron chi connectivity index (χ3n) is 13.2. The van der Waals surface area contributed by atoms with Gasteiger partial charge in [0.2, 0.25) is 47.3 Å². The number of carbonyl (C=O) groups excluding carboxylic acids is 10. The van der Waals surface area contributed by atoms with Crippen molar-refractivity contribution in [2.24, 2.45) is 28.3 Å². The minimum atomic E-state index is -1.61. The lowest BCUT2D eigenvalue weighted by Gasteiger charge is -2.25. The largest absolute Gasteiger partial charge is 0.508 e. The van der Waals surface area contributed by atoms with E-state index in [0.717, 1.165) is 11.3 Å². The number of carboxylic acids is 1. The molecule has 0 aromatic heterocycles. The van der Waals surface area contributed by atoms with Gasteiger partial charge in [0.1, 0.15) is 17.8 Å². The molecule has 26 nitrogen and oxygen atoms in total. The highest BCUT2D eigenvalue weighted by Crippen LogP contribution is 2.26. The topological polar surface area (TPSA) is 401 Å². The zero-order chi connectivity index (χ0) is 59.9. The average molecular weight is 1160 g/mol. The Hall–Kier alpha value is -6.71. The Morgan fingerprint density at radius 2 is 1.44 bits per heavy atom. The van der Waals surface area contributed by atoms with E-state index in [2.05, 4.69) is 47.5 Å². The van der Waals surface area contributed by atoms with Gasteiger partial charge in [-0.2, -0.15) is 0 Å². The molecule has 1 unspecified atom stereocenters. The molecule has 1 aromatic carbocycles. The molecule has 6 atom stereocenters. The molecular formula is C54H86N12O14S. The molecule has 2 fully saturated rings. The van der Waals surface area contributed by atoms with Gasteiger partial charge in [0.15, 0.2) is 17.5 Å². The molecule has 1 aromatic rings. The van der Waals surface area contributed by atoms with Crippen LogP contribution in [0.5, 0.6) is 5.75 Å². The van der Waals surface area contributed by atoms with Crippen LogP contribution in [0.4, 0.5) is 0 Å². The van der Waals surface area contributed by atoms with Crippen molar-refractivity contribution in [3.63, 3.8) is 0 Å². The summed E-state index contributed by atoms with van der Waals surface area (Å²) in [5.41, 5.74) is 11.4. The van der Waals surface area contributed by atoms with Crippen molar-refractivity contribution in [3.8, 4) is 5.75 Å². The SMILES string of the molecule is CC(C)N[C@@H](CCCCNC(=O)CCN1C(=O)CC(SCCC(=O)NCCOCCNCCCC[C@@H]2NC(=O)[C@H](CCCN=C(N)N)NC(=O)CNC(=O)[C@H](CC(=O)O)NC(=O)[C@H](Cc3ccc(O)cc3)CC2=O)C1=O)C(=O)C(C)C. The number of ether oxygens (including phenoxy) is 1. The first-order valence-electron chi connectivity index (χ1n) is 27.9. The fraction of sp³-hybridized carbons (Fsp3) is 0.667. The summed E-state index contributed by atoms with van der Waals surface area (Å²) < 4.78 is 5.65. The van der Waals surface area contributed by atoms with Crippen LogP contribution in [0.1, 0.15) is 117 Å². The number of carbonyl (C=O) groups is 11. The van der Waals surface area contributed by atoms with Crippen LogP contribution in [0, 0.1) is 11.8 Å². The number of amides is 8. The van der Waals surface area contributed by atoms with E-state index in [1.165, 1.54) is 23.9 Å². The maximum absolute atomic E-state index is 14.2. The number of guanidine groups is 1. The number of likely N-dealkylation sites (tertiary alicyclic amines) is 1. The lowest BCUT2D eigenvalue weighted by atomic mass is 9.89. The van der Waals surface area contributed by atoms with Gasteiger partial charge in [-0.1, -0.05) is 39.8 Å². The number of nitrogens with zero attached hydrogens (tertiary/aromatic N) is 2. The molecule has 2 aliphatic rings. The summed E-state index contributed by atoms with van der Waals surface area (Å²) in [6.07, 6.45) is 2.29. The minimum Gasteiger partial charge on any atom is -0.508 e. The van der Waals surface area contributed by atoms with Crippen molar-refractivity contribution in [2.75, 3.05) is 64.8 Å². The van der Waals surface area contributed by atoms with E-state index >= 15 is 0 Å². The van der Waals surface area contributed by atoms with Gasteiger partial charge in [0.25, 0.3) is 0 Å². The molecule has 452 valence electrons. The Balaban J connectivity index is 1.42. The number of rotatable bonds is 35. The standard InChI is InChI=1S/C54H86N12O14S/c1-33(2)49(75)39(62-34(3)4)11-6-8-20-58-44(69)17-24-66-47(72)31-43(53(66)79)81-27-18-45(70)59-23-26-80-25-22-57-19-7-5-10-38-42(68)29-36(28-35-13-15-37(67)16-14-35)50(76)65-41(30-48(73)74)51(77)61-32-46(71)63-40(52(78)64-38)12-9-21-60-54(55)56/h13-16,33-34,36,38-41,43,57,62,67H,5-12,17-32H2,1-4H3,(H,58,69)(H,59,70)(H,61,77)(H,63,71)(H,64,78)(H,65,76)(H,73,74)(H4,55,56,60)/t36-,38+,39+,40+,41+,43?/m1/s1. The molecule has 8 amide bonds. The number of imide groups is 1. The summed E-state index contributed by atoms with van der Waals surface area (Å²) in [5.74, 6) is -7.43. The summed E-state index contributed by atoms with van der Waals surface area (Å²) in [4.78, 5) is 148. The molecule has 3 rings (SSSR count). The van der Waals surface area contributed by atoms with Crippen LogP contribution < -0.4 is 54.0 Å². The van der Waals surface area contributed by atoms with Crippen molar-refractivity contribution in [2.45, 2.75) is 153 Å². The van der Waals surface area contributed by atoms with E-state index in [-0.39, 0.29) is 130 Å². The second-order valence-corrected chi connectivity index (χ2v) is 22.0. The van der Waals surface area contributed by atoms with Crippen LogP contribution >= 0.6 is 11.8 Å². The third-order valence-corrected chi connectivity index (χ3v) is 14.4. The third kappa shape index (κ3) is 27.5. The zero-order valence-corrected chi connectivity index (χ0v) is 48.0. The van der Waals surface area contributed by atoms with Gasteiger partial charge in [-0.05, 0) is 82.0 Å². The first-order valence-corrected chi connectivity index (χ1v) is 28.9. The molecule has 0 radical (unpaired) electrons. The monoisotopic (exact) mass is 1160 g/mol. The molecule has 27 heteroatoms. The summed E-state index contributed by atoms with van der Waals surface area (Å²) in [6, 6.07) is 1.90. The quantitative estimate of drug-likeness (QED) is 0.0168. The van der Waals surface area contributed by atoms with Gasteiger partial charge in [0, 0.05) is 82.0 Å². The molecule has 2 saturated heterocycles. The number of Topliss-reactive ketones (excluding diaryl/α,β-unsaturated/α-hetero) is 2. The van der Waals surface area contributed by atoms with Gasteiger partial charge in [0.05, 0.1) is 43.5 Å². The highest BCUT2D eigenvalue weighted by molar-refractivity contribution is 8.00. The van der Waals surface area contributed by atoms with Crippen LogP contribution in [-0.4, -0.2) is 186 Å². The van der Waals surface area contributed by atoms with Gasteiger partial charge in [-0.25, -0.2) is 0 Å². The predicted octanol–water partition coefficient (Wildman–Crippen LogP) is -0.966. The summed E-state index contributed by atoms with van der Waals surface area (Å²) in [6.45, 7) is 9.33. The maximum Gasteiger partial charge on any atom is 0.305 e. The lowest BCUT2D eigenvalue weighted by molar-refractivity contribution is -0.141. The number of carboxylic acid groups (broad SMARTS) is 1. The highest BCUT2D eigenvalue weighted by atomic mass is 32.2. The smallest absolute Gasteiger partial charge is 0.305 e. The van der Waals surface area contributed by atoms with E-state index < -0.39 is 84.1 Å². The minimum absolute atomic E-state index is 0.00386. The highest BCUT2D eigenvalue weighted by Gasteiger charge is 2.39. The van der Waals surface area contributed by atoms with Gasteiger partial charge >= 0.3 is 5.97 Å². The van der Waals surface area contributed by atoms with Gasteiger partial charge < -0.3 is 69.0 Å². The Bertz CT molecular complexity index is 2300. The number of nitrogens with two attached hydrogens (primary N) is 2. The number of aliphatic carboxylic acids is 1. The van der Waals surface area contributed by atoms with E-state index in [9.17, 15) is 63.0 Å². The second-order valence-electron chi connectivity index (χ2n) is 20.7. The molecule has 14 N–H and O–H groups in total. The molecule has 2 heterocycles.